The number of aliphatic hydroxyl groups is 1. The zero-order valence-corrected chi connectivity index (χ0v) is 20.2. The van der Waals surface area contributed by atoms with Crippen molar-refractivity contribution in [2.24, 2.45) is 4.99 Å². The molecule has 1 saturated heterocycles. The molecule has 34 heavy (non-hydrogen) atoms. The van der Waals surface area contributed by atoms with Gasteiger partial charge in [-0.15, -0.1) is 0 Å². The van der Waals surface area contributed by atoms with E-state index < -0.39 is 6.42 Å². The third kappa shape index (κ3) is 4.89. The predicted octanol–water partition coefficient (Wildman–Crippen LogP) is 4.89. The molecule has 5 rings (SSSR count). The molecule has 0 bridgehead atoms. The third-order valence-electron chi connectivity index (χ3n) is 6.45. The molecule has 0 spiro atoms. The van der Waals surface area contributed by atoms with E-state index in [1.165, 1.54) is 12.8 Å². The number of likely N-dealkylation sites (tertiary alicyclic amines) is 1. The van der Waals surface area contributed by atoms with Gasteiger partial charge >= 0.3 is 0 Å². The SMILES string of the molecule is C/C=C\C(=N/C(F)Nc1ccc2c(c1)c(Cl)cn2C1CC1)n1cc(CN2CCC(O)C2)c(C)n1. The lowest BCUT2D eigenvalue weighted by atomic mass is 10.2. The minimum Gasteiger partial charge on any atom is -0.392 e. The molecule has 3 aromatic rings. The maximum Gasteiger partial charge on any atom is 0.266 e. The van der Waals surface area contributed by atoms with Crippen molar-refractivity contribution in [3.63, 3.8) is 0 Å². The van der Waals surface area contributed by atoms with Crippen LogP contribution in [-0.2, 0) is 6.54 Å². The molecule has 2 aliphatic rings. The van der Waals surface area contributed by atoms with Crippen LogP contribution in [-0.4, -0.2) is 55.8 Å². The number of aryl methyl sites for hydroxylation is 1. The van der Waals surface area contributed by atoms with Crippen LogP contribution in [0, 0.1) is 6.92 Å². The largest absolute Gasteiger partial charge is 0.392 e. The first-order chi connectivity index (χ1) is 16.4. The number of anilines is 1. The van der Waals surface area contributed by atoms with Crippen LogP contribution in [0.3, 0.4) is 0 Å². The van der Waals surface area contributed by atoms with Gasteiger partial charge in [-0.1, -0.05) is 17.7 Å². The molecule has 180 valence electrons. The minimum atomic E-state index is -1.66. The number of hydrogen-bond donors (Lipinski definition) is 2. The third-order valence-corrected chi connectivity index (χ3v) is 6.75. The Labute approximate surface area is 203 Å². The van der Waals surface area contributed by atoms with Crippen LogP contribution in [0.4, 0.5) is 10.1 Å². The second kappa shape index (κ2) is 9.52. The fraction of sp³-hybridized carbons (Fsp3) is 0.440. The van der Waals surface area contributed by atoms with Crippen LogP contribution < -0.4 is 5.32 Å². The van der Waals surface area contributed by atoms with E-state index in [9.17, 15) is 5.11 Å². The number of aromatic nitrogens is 3. The highest BCUT2D eigenvalue weighted by Crippen LogP contribution is 2.40. The van der Waals surface area contributed by atoms with E-state index in [-0.39, 0.29) is 6.10 Å². The van der Waals surface area contributed by atoms with E-state index in [0.29, 0.717) is 35.7 Å². The van der Waals surface area contributed by atoms with Crippen molar-refractivity contribution < 1.29 is 9.50 Å². The summed E-state index contributed by atoms with van der Waals surface area (Å²) in [5.41, 5.74) is 3.58. The summed E-state index contributed by atoms with van der Waals surface area (Å²) in [6.45, 7) is 6.01. The summed E-state index contributed by atoms with van der Waals surface area (Å²) in [4.78, 5) is 6.43. The lowest BCUT2D eigenvalue weighted by Gasteiger charge is -2.13. The maximum atomic E-state index is 15.0. The summed E-state index contributed by atoms with van der Waals surface area (Å²) >= 11 is 6.44. The lowest BCUT2D eigenvalue weighted by molar-refractivity contribution is 0.174. The number of nitrogens with zero attached hydrogens (tertiary/aromatic N) is 5. The predicted molar refractivity (Wildman–Crippen MR) is 134 cm³/mol. The zero-order valence-electron chi connectivity index (χ0n) is 19.5. The molecule has 2 fully saturated rings. The Morgan fingerprint density at radius 1 is 1.35 bits per heavy atom. The van der Waals surface area contributed by atoms with E-state index in [1.54, 1.807) is 10.8 Å². The molecule has 0 radical (unpaired) electrons. The number of hydrogen-bond acceptors (Lipinski definition) is 5. The molecule has 2 N–H and O–H groups in total. The van der Waals surface area contributed by atoms with E-state index >= 15 is 4.39 Å². The minimum absolute atomic E-state index is 0.268. The highest BCUT2D eigenvalue weighted by Gasteiger charge is 2.26. The zero-order chi connectivity index (χ0) is 23.8. The lowest BCUT2D eigenvalue weighted by Crippen LogP contribution is -2.21. The molecule has 7 nitrogen and oxygen atoms in total. The summed E-state index contributed by atoms with van der Waals surface area (Å²) in [6, 6.07) is 6.22. The van der Waals surface area contributed by atoms with Crippen molar-refractivity contribution in [1.82, 2.24) is 19.2 Å². The van der Waals surface area contributed by atoms with Crippen molar-refractivity contribution in [2.45, 2.75) is 58.2 Å². The maximum absolute atomic E-state index is 15.0. The Morgan fingerprint density at radius 2 is 2.18 bits per heavy atom. The summed E-state index contributed by atoms with van der Waals surface area (Å²) in [5.74, 6) is 0.400. The first kappa shape index (κ1) is 23.1. The monoisotopic (exact) mass is 484 g/mol. The molecular weight excluding hydrogens is 455 g/mol. The number of fused-ring (bicyclic) bond motifs is 1. The highest BCUT2D eigenvalue weighted by atomic mass is 35.5. The van der Waals surface area contributed by atoms with Gasteiger partial charge in [-0.3, -0.25) is 4.90 Å². The molecule has 1 aromatic carbocycles. The molecule has 3 heterocycles. The Morgan fingerprint density at radius 3 is 2.88 bits per heavy atom. The van der Waals surface area contributed by atoms with Crippen LogP contribution >= 0.6 is 11.6 Å². The van der Waals surface area contributed by atoms with E-state index in [4.69, 9.17) is 11.6 Å². The van der Waals surface area contributed by atoms with Crippen molar-refractivity contribution >= 4 is 34.0 Å². The van der Waals surface area contributed by atoms with Gasteiger partial charge in [-0.25, -0.2) is 9.67 Å². The van der Waals surface area contributed by atoms with Gasteiger partial charge in [0.1, 0.15) is 0 Å². The number of nitrogens with one attached hydrogen (secondary N) is 1. The second-order valence-electron chi connectivity index (χ2n) is 9.18. The topological polar surface area (TPSA) is 70.6 Å². The van der Waals surface area contributed by atoms with Crippen LogP contribution in [0.2, 0.25) is 5.02 Å². The standard InChI is InChI=1S/C25H30ClFN6O/c1-3-4-24(33-13-17(16(2)30-33)12-31-10-9-20(34)14-31)29-25(27)28-18-5-8-23-21(11-18)22(26)15-32(23)19-6-7-19/h3-5,8,11,13,15,19-20,25,28,34H,6-7,9-10,12,14H2,1-2H3/b4-3-,29-24+. The normalized spacial score (nSPS) is 20.6. The van der Waals surface area contributed by atoms with E-state index in [0.717, 1.165) is 35.1 Å². The van der Waals surface area contributed by atoms with E-state index in [2.05, 4.69) is 24.9 Å². The van der Waals surface area contributed by atoms with Gasteiger partial charge in [0.2, 0.25) is 0 Å². The molecule has 2 aromatic heterocycles. The molecule has 2 atom stereocenters. The van der Waals surface area contributed by atoms with Crippen LogP contribution in [0.5, 0.6) is 0 Å². The fourth-order valence-corrected chi connectivity index (χ4v) is 4.79. The van der Waals surface area contributed by atoms with Gasteiger partial charge < -0.3 is 15.0 Å². The fourth-order valence-electron chi connectivity index (χ4n) is 4.54. The van der Waals surface area contributed by atoms with Gasteiger partial charge in [-0.2, -0.15) is 9.49 Å². The molecule has 1 saturated carbocycles. The number of halogens is 2. The van der Waals surface area contributed by atoms with Crippen molar-refractivity contribution in [1.29, 1.82) is 0 Å². The average Bonchev–Trinajstić information content (AvgIpc) is 3.35. The van der Waals surface area contributed by atoms with Crippen molar-refractivity contribution in [3.05, 3.63) is 59.0 Å². The average molecular weight is 485 g/mol. The number of aliphatic imine (C=N–C) groups is 1. The van der Waals surface area contributed by atoms with Gasteiger partial charge in [0.05, 0.1) is 16.8 Å². The first-order valence-electron chi connectivity index (χ1n) is 11.8. The van der Waals surface area contributed by atoms with Crippen molar-refractivity contribution in [3.8, 4) is 0 Å². The van der Waals surface area contributed by atoms with Crippen molar-refractivity contribution in [2.75, 3.05) is 18.4 Å². The van der Waals surface area contributed by atoms with Gasteiger partial charge in [0, 0.05) is 60.2 Å². The summed E-state index contributed by atoms with van der Waals surface area (Å²) < 4.78 is 18.8. The van der Waals surface area contributed by atoms with Crippen LogP contribution in [0.15, 0.2) is 47.7 Å². The number of rotatable bonds is 7. The van der Waals surface area contributed by atoms with Gasteiger partial charge in [0.15, 0.2) is 5.84 Å². The van der Waals surface area contributed by atoms with Gasteiger partial charge in [0.25, 0.3) is 6.42 Å². The molecule has 1 aliphatic heterocycles. The second-order valence-corrected chi connectivity index (χ2v) is 9.58. The molecule has 2 unspecified atom stereocenters. The van der Waals surface area contributed by atoms with E-state index in [1.807, 2.05) is 50.5 Å². The Kier molecular flexibility index (Phi) is 6.46. The number of alkyl halides is 1. The summed E-state index contributed by atoms with van der Waals surface area (Å²) in [5, 5.41) is 18.7. The molecular formula is C25H30ClFN6O. The quantitative estimate of drug-likeness (QED) is 0.284. The number of aliphatic hydroxyl groups excluding tert-OH is 1. The Hall–Kier alpha value is -2.68. The van der Waals surface area contributed by atoms with Crippen LogP contribution in [0.1, 0.15) is 43.5 Å². The number of allylic oxidation sites excluding steroid dienone is 2. The highest BCUT2D eigenvalue weighted by molar-refractivity contribution is 6.35. The molecule has 0 amide bonds. The Balaban J connectivity index is 1.33. The number of β-amino-alcohol motifs (C(OH)–C–C–N with tert-alkyl or cyclic N) is 1. The van der Waals surface area contributed by atoms with Crippen LogP contribution in [0.25, 0.3) is 10.9 Å². The number of benzene rings is 1. The smallest absolute Gasteiger partial charge is 0.266 e. The summed E-state index contributed by atoms with van der Waals surface area (Å²) in [6.07, 6.45) is 8.60. The first-order valence-corrected chi connectivity index (χ1v) is 12.2. The summed E-state index contributed by atoms with van der Waals surface area (Å²) in [7, 11) is 0. The molecule has 1 aliphatic carbocycles. The molecule has 9 heteroatoms. The van der Waals surface area contributed by atoms with Gasteiger partial charge in [-0.05, 0) is 57.4 Å². The Bertz CT molecular complexity index is 1240.